The fourth-order valence-electron chi connectivity index (χ4n) is 3.77. The zero-order chi connectivity index (χ0) is 18.2. The third-order valence-corrected chi connectivity index (χ3v) is 5.43. The summed E-state index contributed by atoms with van der Waals surface area (Å²) in [5, 5.41) is 4.48. The van der Waals surface area contributed by atoms with Crippen LogP contribution in [0.4, 0.5) is 0 Å². The Balaban J connectivity index is 1.47. The maximum absolute atomic E-state index is 6.05. The van der Waals surface area contributed by atoms with Crippen molar-refractivity contribution in [3.63, 3.8) is 0 Å². The van der Waals surface area contributed by atoms with Crippen molar-refractivity contribution < 1.29 is 4.74 Å². The molecule has 1 atom stereocenters. The van der Waals surface area contributed by atoms with Gasteiger partial charge in [-0.2, -0.15) is 0 Å². The Bertz CT molecular complexity index is 639. The van der Waals surface area contributed by atoms with E-state index in [0.717, 1.165) is 43.6 Å². The Kier molecular flexibility index (Phi) is 7.36. The Labute approximate surface area is 162 Å². The van der Waals surface area contributed by atoms with Gasteiger partial charge in [0, 0.05) is 17.6 Å². The lowest BCUT2D eigenvalue weighted by Gasteiger charge is -2.36. The maximum Gasteiger partial charge on any atom is 0.119 e. The van der Waals surface area contributed by atoms with Crippen LogP contribution >= 0.6 is 11.6 Å². The summed E-state index contributed by atoms with van der Waals surface area (Å²) in [6, 6.07) is 18.8. The quantitative estimate of drug-likeness (QED) is 0.721. The molecule has 0 spiro atoms. The molecule has 2 aromatic rings. The molecule has 1 N–H and O–H groups in total. The van der Waals surface area contributed by atoms with Crippen molar-refractivity contribution in [1.29, 1.82) is 0 Å². The number of nitrogens with zero attached hydrogens (tertiary/aromatic N) is 1. The van der Waals surface area contributed by atoms with Crippen LogP contribution in [0.2, 0.25) is 5.02 Å². The van der Waals surface area contributed by atoms with Gasteiger partial charge in [0.25, 0.3) is 0 Å². The highest BCUT2D eigenvalue weighted by Crippen LogP contribution is 2.31. The van der Waals surface area contributed by atoms with Gasteiger partial charge in [-0.05, 0) is 68.2 Å². The van der Waals surface area contributed by atoms with Crippen LogP contribution in [0, 0.1) is 5.92 Å². The van der Waals surface area contributed by atoms with Crippen molar-refractivity contribution in [2.45, 2.75) is 25.8 Å². The molecule has 1 aliphatic rings. The Morgan fingerprint density at radius 1 is 1.08 bits per heavy atom. The predicted molar refractivity (Wildman–Crippen MR) is 109 cm³/mol. The van der Waals surface area contributed by atoms with E-state index in [4.69, 9.17) is 16.3 Å². The van der Waals surface area contributed by atoms with E-state index < -0.39 is 0 Å². The predicted octanol–water partition coefficient (Wildman–Crippen LogP) is 4.78. The van der Waals surface area contributed by atoms with Gasteiger partial charge in [-0.15, -0.1) is 0 Å². The first-order valence-corrected chi connectivity index (χ1v) is 10.0. The van der Waals surface area contributed by atoms with E-state index in [1.54, 1.807) is 0 Å². The minimum atomic E-state index is 0.417. The summed E-state index contributed by atoms with van der Waals surface area (Å²) in [5.41, 5.74) is 1.35. The van der Waals surface area contributed by atoms with Gasteiger partial charge in [0.05, 0.1) is 0 Å². The molecule has 2 aromatic carbocycles. The number of hydrogen-bond acceptors (Lipinski definition) is 3. The van der Waals surface area contributed by atoms with Gasteiger partial charge < -0.3 is 10.1 Å². The first-order chi connectivity index (χ1) is 12.8. The number of para-hydroxylation sites is 1. The molecular formula is C22H29ClN2O. The average Bonchev–Trinajstić information content (AvgIpc) is 2.69. The smallest absolute Gasteiger partial charge is 0.119 e. The minimum absolute atomic E-state index is 0.417. The number of benzene rings is 2. The lowest BCUT2D eigenvalue weighted by Crippen LogP contribution is -2.40. The summed E-state index contributed by atoms with van der Waals surface area (Å²) in [4.78, 5) is 2.52. The second-order valence-electron chi connectivity index (χ2n) is 6.93. The van der Waals surface area contributed by atoms with E-state index in [9.17, 15) is 0 Å². The van der Waals surface area contributed by atoms with Crippen LogP contribution in [-0.4, -0.2) is 37.7 Å². The van der Waals surface area contributed by atoms with Crippen LogP contribution in [0.25, 0.3) is 0 Å². The summed E-state index contributed by atoms with van der Waals surface area (Å²) in [6.45, 7) is 7.19. The first kappa shape index (κ1) is 19.2. The van der Waals surface area contributed by atoms with Gasteiger partial charge in [-0.3, -0.25) is 4.90 Å². The van der Waals surface area contributed by atoms with Crippen molar-refractivity contribution in [3.05, 3.63) is 65.2 Å². The Hall–Kier alpha value is -1.55. The molecule has 4 heteroatoms. The van der Waals surface area contributed by atoms with Crippen LogP contribution in [-0.2, 0) is 0 Å². The van der Waals surface area contributed by atoms with Crippen molar-refractivity contribution in [2.75, 3.05) is 32.8 Å². The van der Waals surface area contributed by atoms with E-state index in [1.807, 2.05) is 42.5 Å². The second-order valence-corrected chi connectivity index (χ2v) is 7.36. The fourth-order valence-corrected chi connectivity index (χ4v) is 3.89. The molecule has 1 unspecified atom stereocenters. The van der Waals surface area contributed by atoms with Crippen LogP contribution in [0.3, 0.4) is 0 Å². The van der Waals surface area contributed by atoms with E-state index in [2.05, 4.69) is 29.3 Å². The highest BCUT2D eigenvalue weighted by Gasteiger charge is 2.27. The number of ether oxygens (including phenoxy) is 1. The SMILES string of the molecule is CCNC(c1ccc(Cl)cc1)C1CCN(CCOc2ccccc2)CC1. The van der Waals surface area contributed by atoms with Crippen LogP contribution in [0.15, 0.2) is 54.6 Å². The van der Waals surface area contributed by atoms with E-state index in [0.29, 0.717) is 12.0 Å². The molecule has 1 heterocycles. The molecule has 0 aromatic heterocycles. The van der Waals surface area contributed by atoms with Gasteiger partial charge in [0.15, 0.2) is 0 Å². The highest BCUT2D eigenvalue weighted by molar-refractivity contribution is 6.30. The first-order valence-electron chi connectivity index (χ1n) is 9.65. The number of rotatable bonds is 8. The number of nitrogens with one attached hydrogen (secondary N) is 1. The van der Waals surface area contributed by atoms with E-state index in [1.165, 1.54) is 18.4 Å². The maximum atomic E-state index is 6.05. The molecule has 1 fully saturated rings. The lowest BCUT2D eigenvalue weighted by atomic mass is 9.85. The zero-order valence-corrected chi connectivity index (χ0v) is 16.3. The number of halogens is 1. The topological polar surface area (TPSA) is 24.5 Å². The van der Waals surface area contributed by atoms with Crippen molar-refractivity contribution in [1.82, 2.24) is 10.2 Å². The molecule has 1 aliphatic heterocycles. The third-order valence-electron chi connectivity index (χ3n) is 5.18. The summed E-state index contributed by atoms with van der Waals surface area (Å²) in [5.74, 6) is 1.62. The lowest BCUT2D eigenvalue weighted by molar-refractivity contribution is 0.138. The highest BCUT2D eigenvalue weighted by atomic mass is 35.5. The molecular weight excluding hydrogens is 344 g/mol. The molecule has 26 heavy (non-hydrogen) atoms. The largest absolute Gasteiger partial charge is 0.492 e. The minimum Gasteiger partial charge on any atom is -0.492 e. The molecule has 140 valence electrons. The fraction of sp³-hybridized carbons (Fsp3) is 0.455. The third kappa shape index (κ3) is 5.47. The van der Waals surface area contributed by atoms with Crippen molar-refractivity contribution in [2.24, 2.45) is 5.92 Å². The molecule has 1 saturated heterocycles. The molecule has 3 nitrogen and oxygen atoms in total. The summed E-state index contributed by atoms with van der Waals surface area (Å²) in [6.07, 6.45) is 2.43. The summed E-state index contributed by atoms with van der Waals surface area (Å²) < 4.78 is 5.84. The molecule has 0 radical (unpaired) electrons. The number of likely N-dealkylation sites (tertiary alicyclic amines) is 1. The molecule has 0 amide bonds. The zero-order valence-electron chi connectivity index (χ0n) is 15.5. The van der Waals surface area contributed by atoms with Gasteiger partial charge >= 0.3 is 0 Å². The van der Waals surface area contributed by atoms with Crippen LogP contribution in [0.1, 0.15) is 31.4 Å². The monoisotopic (exact) mass is 372 g/mol. The normalized spacial score (nSPS) is 17.2. The van der Waals surface area contributed by atoms with E-state index >= 15 is 0 Å². The van der Waals surface area contributed by atoms with Gasteiger partial charge in [0.2, 0.25) is 0 Å². The summed E-state index contributed by atoms with van der Waals surface area (Å²) >= 11 is 6.05. The molecule has 0 bridgehead atoms. The van der Waals surface area contributed by atoms with Crippen molar-refractivity contribution >= 4 is 11.6 Å². The second kappa shape index (κ2) is 9.96. The average molecular weight is 373 g/mol. The Morgan fingerprint density at radius 2 is 1.77 bits per heavy atom. The number of piperidine rings is 1. The number of hydrogen-bond donors (Lipinski definition) is 1. The molecule has 0 aliphatic carbocycles. The van der Waals surface area contributed by atoms with Gasteiger partial charge in [-0.1, -0.05) is 48.9 Å². The van der Waals surface area contributed by atoms with Crippen LogP contribution < -0.4 is 10.1 Å². The Morgan fingerprint density at radius 3 is 2.42 bits per heavy atom. The van der Waals surface area contributed by atoms with Crippen LogP contribution in [0.5, 0.6) is 5.75 Å². The van der Waals surface area contributed by atoms with Gasteiger partial charge in [0.1, 0.15) is 12.4 Å². The molecule has 0 saturated carbocycles. The van der Waals surface area contributed by atoms with E-state index in [-0.39, 0.29) is 0 Å². The summed E-state index contributed by atoms with van der Waals surface area (Å²) in [7, 11) is 0. The standard InChI is InChI=1S/C22H29ClN2O/c1-2-24-22(18-8-10-20(23)11-9-18)19-12-14-25(15-13-19)16-17-26-21-6-4-3-5-7-21/h3-11,19,22,24H,2,12-17H2,1H3. The van der Waals surface area contributed by atoms with Crippen molar-refractivity contribution in [3.8, 4) is 5.75 Å². The molecule has 3 rings (SSSR count). The van der Waals surface area contributed by atoms with Gasteiger partial charge in [-0.25, -0.2) is 0 Å².